The second-order valence-electron chi connectivity index (χ2n) is 3.09. The molecule has 1 N–H and O–H groups in total. The second kappa shape index (κ2) is 4.87. The summed E-state index contributed by atoms with van der Waals surface area (Å²) in [5, 5.41) is 1.96. The highest BCUT2D eigenvalue weighted by Crippen LogP contribution is 2.23. The highest BCUT2D eigenvalue weighted by Gasteiger charge is 2.40. The molecule has 0 aromatic heterocycles. The van der Waals surface area contributed by atoms with E-state index in [0.29, 0.717) is 5.56 Å². The van der Waals surface area contributed by atoms with Gasteiger partial charge in [0.05, 0.1) is 6.54 Å². The molecule has 88 valence electrons. The molecule has 0 spiro atoms. The van der Waals surface area contributed by atoms with Gasteiger partial charge in [0, 0.05) is 7.05 Å². The van der Waals surface area contributed by atoms with Gasteiger partial charge in [-0.3, -0.25) is 0 Å². The van der Waals surface area contributed by atoms with Crippen molar-refractivity contribution in [1.82, 2.24) is 10.2 Å². The molecule has 0 saturated carbocycles. The van der Waals surface area contributed by atoms with Crippen molar-refractivity contribution in [2.45, 2.75) is 12.8 Å². The van der Waals surface area contributed by atoms with Gasteiger partial charge in [-0.15, -0.1) is 13.2 Å². The number of nitrogens with one attached hydrogen (secondary N) is 1. The van der Waals surface area contributed by atoms with Crippen LogP contribution in [0.2, 0.25) is 0 Å². The molecular formula is C10H11F3N2O. The van der Waals surface area contributed by atoms with E-state index in [9.17, 15) is 18.0 Å². The van der Waals surface area contributed by atoms with Crippen LogP contribution in [0.1, 0.15) is 5.56 Å². The van der Waals surface area contributed by atoms with Gasteiger partial charge < -0.3 is 5.32 Å². The first kappa shape index (κ1) is 12.4. The minimum atomic E-state index is -4.68. The lowest BCUT2D eigenvalue weighted by atomic mass is 10.2. The Bertz CT molecular complexity index is 351. The average molecular weight is 232 g/mol. The molecule has 6 heteroatoms. The zero-order valence-corrected chi connectivity index (χ0v) is 8.58. The maximum Gasteiger partial charge on any atom is 0.488 e. The number of amides is 2. The Morgan fingerprint density at radius 3 is 2.31 bits per heavy atom. The number of hydrogen-bond acceptors (Lipinski definition) is 1. The summed E-state index contributed by atoms with van der Waals surface area (Å²) in [6.45, 7) is -0.496. The molecule has 0 radical (unpaired) electrons. The first-order chi connectivity index (χ1) is 7.45. The maximum absolute atomic E-state index is 12.5. The van der Waals surface area contributed by atoms with E-state index in [0.717, 1.165) is 7.05 Å². The first-order valence-corrected chi connectivity index (χ1v) is 4.55. The molecular weight excluding hydrogens is 221 g/mol. The number of alkyl halides is 3. The summed E-state index contributed by atoms with van der Waals surface area (Å²) >= 11 is 0. The van der Waals surface area contributed by atoms with Gasteiger partial charge in [0.2, 0.25) is 0 Å². The quantitative estimate of drug-likeness (QED) is 0.780. The van der Waals surface area contributed by atoms with Crippen molar-refractivity contribution in [2.24, 2.45) is 0 Å². The van der Waals surface area contributed by atoms with Crippen LogP contribution in [0.3, 0.4) is 0 Å². The minimum absolute atomic E-state index is 0.178. The zero-order chi connectivity index (χ0) is 12.2. The van der Waals surface area contributed by atoms with Crippen molar-refractivity contribution in [3.05, 3.63) is 35.9 Å². The molecule has 0 aliphatic carbocycles. The Labute approximate surface area is 90.9 Å². The van der Waals surface area contributed by atoms with Crippen molar-refractivity contribution in [3.63, 3.8) is 0 Å². The first-order valence-electron chi connectivity index (χ1n) is 4.55. The minimum Gasteiger partial charge on any atom is -0.341 e. The molecule has 16 heavy (non-hydrogen) atoms. The van der Waals surface area contributed by atoms with E-state index >= 15 is 0 Å². The smallest absolute Gasteiger partial charge is 0.341 e. The molecule has 0 fully saturated rings. The number of rotatable bonds is 2. The Morgan fingerprint density at radius 1 is 1.31 bits per heavy atom. The molecule has 0 bridgehead atoms. The Hall–Kier alpha value is -1.72. The Morgan fingerprint density at radius 2 is 1.88 bits per heavy atom. The fourth-order valence-corrected chi connectivity index (χ4v) is 1.18. The number of benzene rings is 1. The van der Waals surface area contributed by atoms with Crippen molar-refractivity contribution < 1.29 is 18.0 Å². The van der Waals surface area contributed by atoms with Crippen LogP contribution in [0.5, 0.6) is 0 Å². The van der Waals surface area contributed by atoms with Gasteiger partial charge in [0.25, 0.3) is 0 Å². The Balaban J connectivity index is 2.84. The van der Waals surface area contributed by atoms with Crippen LogP contribution >= 0.6 is 0 Å². The van der Waals surface area contributed by atoms with Crippen molar-refractivity contribution >= 4 is 6.03 Å². The molecule has 3 nitrogen and oxygen atoms in total. The van der Waals surface area contributed by atoms with Crippen molar-refractivity contribution in [2.75, 3.05) is 7.05 Å². The summed E-state index contributed by atoms with van der Waals surface area (Å²) in [6, 6.07) is 6.82. The van der Waals surface area contributed by atoms with E-state index in [1.807, 2.05) is 5.32 Å². The molecule has 2 amide bonds. The van der Waals surface area contributed by atoms with E-state index < -0.39 is 18.9 Å². The van der Waals surface area contributed by atoms with Crippen LogP contribution < -0.4 is 5.32 Å². The summed E-state index contributed by atoms with van der Waals surface area (Å²) in [4.78, 5) is 10.9. The molecule has 1 rings (SSSR count). The van der Waals surface area contributed by atoms with Gasteiger partial charge in [0.15, 0.2) is 0 Å². The predicted octanol–water partition coefficient (Wildman–Crippen LogP) is 2.35. The van der Waals surface area contributed by atoms with Gasteiger partial charge in [-0.25, -0.2) is 9.69 Å². The summed E-state index contributed by atoms with van der Waals surface area (Å²) < 4.78 is 37.5. The number of urea groups is 1. The summed E-state index contributed by atoms with van der Waals surface area (Å²) in [5.41, 5.74) is 0.420. The SMILES string of the molecule is CNC(=O)N(Cc1ccccc1)C(F)(F)F. The lowest BCUT2D eigenvalue weighted by molar-refractivity contribution is -0.226. The second-order valence-corrected chi connectivity index (χ2v) is 3.09. The van der Waals surface area contributed by atoms with Gasteiger partial charge in [-0.05, 0) is 5.56 Å². The summed E-state index contributed by atoms with van der Waals surface area (Å²) in [7, 11) is 1.16. The molecule has 0 aliphatic heterocycles. The van der Waals surface area contributed by atoms with Gasteiger partial charge >= 0.3 is 12.3 Å². The third-order valence-corrected chi connectivity index (χ3v) is 1.95. The van der Waals surface area contributed by atoms with E-state index in [1.165, 1.54) is 12.1 Å². The van der Waals surface area contributed by atoms with Crippen LogP contribution in [0.15, 0.2) is 30.3 Å². The number of carbonyl (C=O) groups is 1. The molecule has 1 aromatic rings. The van der Waals surface area contributed by atoms with E-state index in [4.69, 9.17) is 0 Å². The molecule has 0 saturated heterocycles. The van der Waals surface area contributed by atoms with Crippen molar-refractivity contribution in [3.8, 4) is 0 Å². The van der Waals surface area contributed by atoms with Crippen LogP contribution in [0.4, 0.5) is 18.0 Å². The maximum atomic E-state index is 12.5. The Kier molecular flexibility index (Phi) is 3.76. The third kappa shape index (κ3) is 3.15. The molecule has 0 unspecified atom stereocenters. The largest absolute Gasteiger partial charge is 0.488 e. The average Bonchev–Trinajstić information content (AvgIpc) is 2.25. The standard InChI is InChI=1S/C10H11F3N2O/c1-14-9(16)15(10(11,12)13)7-8-5-3-2-4-6-8/h2-6H,7H2,1H3,(H,14,16). The van der Waals surface area contributed by atoms with E-state index in [1.54, 1.807) is 18.2 Å². The monoisotopic (exact) mass is 232 g/mol. The van der Waals surface area contributed by atoms with E-state index in [2.05, 4.69) is 0 Å². The predicted molar refractivity (Wildman–Crippen MR) is 52.5 cm³/mol. The molecule has 0 heterocycles. The fourth-order valence-electron chi connectivity index (χ4n) is 1.18. The van der Waals surface area contributed by atoms with Gasteiger partial charge in [0.1, 0.15) is 0 Å². The van der Waals surface area contributed by atoms with Crippen LogP contribution in [-0.2, 0) is 6.54 Å². The zero-order valence-electron chi connectivity index (χ0n) is 8.58. The number of hydrogen-bond donors (Lipinski definition) is 1. The normalized spacial score (nSPS) is 11.0. The molecule has 1 aromatic carbocycles. The fraction of sp³-hybridized carbons (Fsp3) is 0.300. The number of halogens is 3. The van der Waals surface area contributed by atoms with E-state index in [-0.39, 0.29) is 4.90 Å². The van der Waals surface area contributed by atoms with Gasteiger partial charge in [-0.1, -0.05) is 30.3 Å². The van der Waals surface area contributed by atoms with Crippen LogP contribution in [0, 0.1) is 0 Å². The lowest BCUT2D eigenvalue weighted by Gasteiger charge is -2.24. The lowest BCUT2D eigenvalue weighted by Crippen LogP contribution is -2.46. The summed E-state index contributed by atoms with van der Waals surface area (Å²) in [5.74, 6) is 0. The topological polar surface area (TPSA) is 32.3 Å². The highest BCUT2D eigenvalue weighted by molar-refractivity contribution is 5.74. The summed E-state index contributed by atoms with van der Waals surface area (Å²) in [6.07, 6.45) is -4.68. The van der Waals surface area contributed by atoms with Crippen LogP contribution in [-0.4, -0.2) is 24.3 Å². The highest BCUT2D eigenvalue weighted by atomic mass is 19.4. The van der Waals surface area contributed by atoms with Gasteiger partial charge in [-0.2, -0.15) is 0 Å². The molecule has 0 aliphatic rings. The number of nitrogens with zero attached hydrogens (tertiary/aromatic N) is 1. The number of carbonyl (C=O) groups excluding carboxylic acids is 1. The third-order valence-electron chi connectivity index (χ3n) is 1.95. The van der Waals surface area contributed by atoms with Crippen LogP contribution in [0.25, 0.3) is 0 Å². The molecule has 0 atom stereocenters. The van der Waals surface area contributed by atoms with Crippen molar-refractivity contribution in [1.29, 1.82) is 0 Å².